The van der Waals surface area contributed by atoms with E-state index in [1.165, 1.54) is 6.33 Å². The first-order chi connectivity index (χ1) is 8.56. The third-order valence-corrected chi connectivity index (χ3v) is 3.42. The summed E-state index contributed by atoms with van der Waals surface area (Å²) in [4.78, 5) is 19.1. The van der Waals surface area contributed by atoms with Crippen molar-refractivity contribution in [2.24, 2.45) is 0 Å². The second-order valence-electron chi connectivity index (χ2n) is 4.69. The molecule has 6 nitrogen and oxygen atoms in total. The van der Waals surface area contributed by atoms with Crippen molar-refractivity contribution >= 4 is 11.8 Å². The van der Waals surface area contributed by atoms with Gasteiger partial charge in [0, 0.05) is 5.54 Å². The van der Waals surface area contributed by atoms with Crippen molar-refractivity contribution in [3.63, 3.8) is 0 Å². The zero-order chi connectivity index (χ0) is 13.2. The van der Waals surface area contributed by atoms with Gasteiger partial charge in [-0.15, -0.1) is 0 Å². The first-order valence-corrected chi connectivity index (χ1v) is 5.92. The first kappa shape index (κ1) is 12.6. The minimum absolute atomic E-state index is 0.110. The molecule has 0 spiro atoms. The highest BCUT2D eigenvalue weighted by molar-refractivity contribution is 5.70. The number of carbonyl (C=O) groups is 1. The van der Waals surface area contributed by atoms with Crippen LogP contribution in [0.3, 0.4) is 0 Å². The molecule has 1 aromatic rings. The summed E-state index contributed by atoms with van der Waals surface area (Å²) in [5, 5.41) is 12.2. The Bertz CT molecular complexity index is 458. The predicted octanol–water partition coefficient (Wildman–Crippen LogP) is 1.60. The number of ether oxygens (including phenoxy) is 1. The number of nitrogens with one attached hydrogen (secondary N) is 1. The minimum atomic E-state index is -0.791. The summed E-state index contributed by atoms with van der Waals surface area (Å²) >= 11 is 0. The average Bonchev–Trinajstić information content (AvgIpc) is 2.28. The van der Waals surface area contributed by atoms with E-state index in [1.54, 1.807) is 7.11 Å². The molecule has 1 aromatic heterocycles. The predicted molar refractivity (Wildman–Crippen MR) is 65.8 cm³/mol. The van der Waals surface area contributed by atoms with Crippen molar-refractivity contribution in [1.29, 1.82) is 0 Å². The van der Waals surface area contributed by atoms with Crippen LogP contribution in [-0.2, 0) is 4.79 Å². The number of carboxylic acid groups (broad SMARTS) is 1. The normalized spacial score (nSPS) is 16.8. The lowest BCUT2D eigenvalue weighted by Gasteiger charge is -2.42. The average molecular weight is 251 g/mol. The SMILES string of the molecule is COc1ncnc(NC2(CC(=O)O)CCC2)c1C. The van der Waals surface area contributed by atoms with E-state index in [1.807, 2.05) is 6.92 Å². The van der Waals surface area contributed by atoms with E-state index in [0.29, 0.717) is 11.7 Å². The molecular formula is C12H17N3O3. The molecule has 0 amide bonds. The van der Waals surface area contributed by atoms with E-state index < -0.39 is 5.97 Å². The number of methoxy groups -OCH3 is 1. The van der Waals surface area contributed by atoms with Gasteiger partial charge in [0.05, 0.1) is 19.1 Å². The topological polar surface area (TPSA) is 84.3 Å². The summed E-state index contributed by atoms with van der Waals surface area (Å²) in [7, 11) is 1.55. The molecule has 0 saturated heterocycles. The van der Waals surface area contributed by atoms with Gasteiger partial charge in [0.15, 0.2) is 0 Å². The van der Waals surface area contributed by atoms with Crippen molar-refractivity contribution in [3.8, 4) is 5.88 Å². The highest BCUT2D eigenvalue weighted by atomic mass is 16.5. The fourth-order valence-electron chi connectivity index (χ4n) is 2.26. The fraction of sp³-hybridized carbons (Fsp3) is 0.583. The van der Waals surface area contributed by atoms with Gasteiger partial charge < -0.3 is 15.2 Å². The molecule has 2 N–H and O–H groups in total. The van der Waals surface area contributed by atoms with Crippen LogP contribution in [0.1, 0.15) is 31.2 Å². The van der Waals surface area contributed by atoms with Crippen LogP contribution in [0, 0.1) is 6.92 Å². The number of hydrogen-bond acceptors (Lipinski definition) is 5. The third kappa shape index (κ3) is 2.37. The van der Waals surface area contributed by atoms with Crippen LogP contribution in [0.15, 0.2) is 6.33 Å². The maximum Gasteiger partial charge on any atom is 0.305 e. The van der Waals surface area contributed by atoms with E-state index in [2.05, 4.69) is 15.3 Å². The van der Waals surface area contributed by atoms with Gasteiger partial charge in [-0.05, 0) is 26.2 Å². The van der Waals surface area contributed by atoms with Gasteiger partial charge in [0.2, 0.25) is 5.88 Å². The van der Waals surface area contributed by atoms with Crippen molar-refractivity contribution < 1.29 is 14.6 Å². The summed E-state index contributed by atoms with van der Waals surface area (Å²) in [6.45, 7) is 1.86. The summed E-state index contributed by atoms with van der Waals surface area (Å²) in [6, 6.07) is 0. The van der Waals surface area contributed by atoms with Gasteiger partial charge in [-0.2, -0.15) is 0 Å². The van der Waals surface area contributed by atoms with Crippen molar-refractivity contribution in [3.05, 3.63) is 11.9 Å². The molecule has 0 radical (unpaired) electrons. The Balaban J connectivity index is 2.20. The van der Waals surface area contributed by atoms with Gasteiger partial charge in [0.1, 0.15) is 12.1 Å². The third-order valence-electron chi connectivity index (χ3n) is 3.42. The van der Waals surface area contributed by atoms with Gasteiger partial charge in [-0.25, -0.2) is 9.97 Å². The lowest BCUT2D eigenvalue weighted by Crippen LogP contribution is -2.47. The molecular weight excluding hydrogens is 234 g/mol. The Kier molecular flexibility index (Phi) is 3.36. The molecule has 2 rings (SSSR count). The number of anilines is 1. The molecule has 1 heterocycles. The van der Waals surface area contributed by atoms with E-state index in [0.717, 1.165) is 24.8 Å². The lowest BCUT2D eigenvalue weighted by molar-refractivity contribution is -0.138. The Hall–Kier alpha value is -1.85. The van der Waals surface area contributed by atoms with Crippen LogP contribution in [0.25, 0.3) is 0 Å². The number of rotatable bonds is 5. The number of hydrogen-bond donors (Lipinski definition) is 2. The zero-order valence-electron chi connectivity index (χ0n) is 10.6. The molecule has 0 unspecified atom stereocenters. The van der Waals surface area contributed by atoms with Crippen molar-refractivity contribution in [2.45, 2.75) is 38.1 Å². The summed E-state index contributed by atoms with van der Waals surface area (Å²) < 4.78 is 5.13. The standard InChI is InChI=1S/C12H17N3O3/c1-8-10(13-7-14-11(8)18-2)15-12(4-3-5-12)6-9(16)17/h7H,3-6H2,1-2H3,(H,16,17)(H,13,14,15). The van der Waals surface area contributed by atoms with Gasteiger partial charge in [-0.1, -0.05) is 0 Å². The molecule has 18 heavy (non-hydrogen) atoms. The van der Waals surface area contributed by atoms with E-state index in [9.17, 15) is 4.79 Å². The Morgan fingerprint density at radius 3 is 2.78 bits per heavy atom. The molecule has 1 aliphatic rings. The number of aromatic nitrogens is 2. The zero-order valence-corrected chi connectivity index (χ0v) is 10.6. The first-order valence-electron chi connectivity index (χ1n) is 5.92. The number of nitrogens with zero attached hydrogens (tertiary/aromatic N) is 2. The minimum Gasteiger partial charge on any atom is -0.481 e. The smallest absolute Gasteiger partial charge is 0.305 e. The summed E-state index contributed by atoms with van der Waals surface area (Å²) in [5.41, 5.74) is 0.437. The molecule has 1 aliphatic carbocycles. The van der Waals surface area contributed by atoms with Gasteiger partial charge >= 0.3 is 5.97 Å². The Morgan fingerprint density at radius 2 is 2.28 bits per heavy atom. The molecule has 0 aromatic carbocycles. The summed E-state index contributed by atoms with van der Waals surface area (Å²) in [5.74, 6) is 0.376. The van der Waals surface area contributed by atoms with Crippen molar-refractivity contribution in [1.82, 2.24) is 9.97 Å². The van der Waals surface area contributed by atoms with Gasteiger partial charge in [0.25, 0.3) is 0 Å². The second kappa shape index (κ2) is 4.80. The largest absolute Gasteiger partial charge is 0.481 e. The van der Waals surface area contributed by atoms with Crippen LogP contribution in [0.2, 0.25) is 0 Å². The summed E-state index contributed by atoms with van der Waals surface area (Å²) in [6.07, 6.45) is 4.28. The number of carboxylic acids is 1. The quantitative estimate of drug-likeness (QED) is 0.827. The Labute approximate surface area is 105 Å². The van der Waals surface area contributed by atoms with Crippen LogP contribution in [-0.4, -0.2) is 33.7 Å². The Morgan fingerprint density at radius 1 is 1.56 bits per heavy atom. The van der Waals surface area contributed by atoms with Crippen LogP contribution in [0.5, 0.6) is 5.88 Å². The van der Waals surface area contributed by atoms with E-state index in [-0.39, 0.29) is 12.0 Å². The van der Waals surface area contributed by atoms with Crippen LogP contribution < -0.4 is 10.1 Å². The monoisotopic (exact) mass is 251 g/mol. The molecule has 1 saturated carbocycles. The van der Waals surface area contributed by atoms with Crippen LogP contribution in [0.4, 0.5) is 5.82 Å². The lowest BCUT2D eigenvalue weighted by atomic mass is 9.74. The maximum absolute atomic E-state index is 10.9. The number of aliphatic carboxylic acids is 1. The molecule has 6 heteroatoms. The molecule has 98 valence electrons. The maximum atomic E-state index is 10.9. The molecule has 0 atom stereocenters. The van der Waals surface area contributed by atoms with Crippen LogP contribution >= 0.6 is 0 Å². The van der Waals surface area contributed by atoms with E-state index >= 15 is 0 Å². The molecule has 0 bridgehead atoms. The molecule has 1 fully saturated rings. The van der Waals surface area contributed by atoms with E-state index in [4.69, 9.17) is 9.84 Å². The highest BCUT2D eigenvalue weighted by Crippen LogP contribution is 2.38. The van der Waals surface area contributed by atoms with Crippen molar-refractivity contribution in [2.75, 3.05) is 12.4 Å². The fourth-order valence-corrected chi connectivity index (χ4v) is 2.26. The molecule has 0 aliphatic heterocycles. The van der Waals surface area contributed by atoms with Gasteiger partial charge in [-0.3, -0.25) is 4.79 Å². The highest BCUT2D eigenvalue weighted by Gasteiger charge is 2.39. The second-order valence-corrected chi connectivity index (χ2v) is 4.69.